The van der Waals surface area contributed by atoms with Crippen molar-refractivity contribution in [2.75, 3.05) is 16.6 Å². The van der Waals surface area contributed by atoms with Crippen LogP contribution in [-0.4, -0.2) is 36.8 Å². The van der Waals surface area contributed by atoms with Gasteiger partial charge in [0.25, 0.3) is 5.89 Å². The molecule has 4 rings (SSSR count). The third-order valence-electron chi connectivity index (χ3n) is 4.73. The molecular weight excluding hydrogens is 451 g/mol. The van der Waals surface area contributed by atoms with Gasteiger partial charge in [-0.2, -0.15) is 18.2 Å². The zero-order valence-electron chi connectivity index (χ0n) is 16.4. The average Bonchev–Trinajstić information content (AvgIpc) is 3.37. The standard InChI is InChI=1S/C20H16F3N3O5S/c21-20(22,23)15-7-5-13(6-8-15)18-24-17(31-25-18)12-30-19(27)14-3-1-4-16(11-14)26-9-2-10-32(26,28)29/h1,3-8,11H,2,9-10,12H2. The number of esters is 1. The first-order chi connectivity index (χ1) is 15.1. The molecule has 168 valence electrons. The van der Waals surface area contributed by atoms with Crippen LogP contribution in [0, 0.1) is 0 Å². The van der Waals surface area contributed by atoms with Crippen molar-refractivity contribution in [3.8, 4) is 11.4 Å². The van der Waals surface area contributed by atoms with Crippen LogP contribution in [0.15, 0.2) is 53.1 Å². The molecule has 1 aliphatic rings. The third-order valence-corrected chi connectivity index (χ3v) is 6.60. The van der Waals surface area contributed by atoms with Gasteiger partial charge in [-0.15, -0.1) is 0 Å². The molecule has 0 amide bonds. The Morgan fingerprint density at radius 3 is 2.56 bits per heavy atom. The Bertz CT molecular complexity index is 1240. The van der Waals surface area contributed by atoms with Crippen LogP contribution >= 0.6 is 0 Å². The predicted molar refractivity (Wildman–Crippen MR) is 106 cm³/mol. The third kappa shape index (κ3) is 4.59. The number of hydrogen-bond donors (Lipinski definition) is 0. The summed E-state index contributed by atoms with van der Waals surface area (Å²) < 4.78 is 73.5. The number of aromatic nitrogens is 2. The first kappa shape index (κ1) is 21.8. The molecule has 0 aliphatic carbocycles. The van der Waals surface area contributed by atoms with Crippen LogP contribution in [0.4, 0.5) is 18.9 Å². The number of anilines is 1. The Hall–Kier alpha value is -3.41. The van der Waals surface area contributed by atoms with Crippen molar-refractivity contribution in [2.24, 2.45) is 0 Å². The van der Waals surface area contributed by atoms with Gasteiger partial charge < -0.3 is 9.26 Å². The fraction of sp³-hybridized carbons (Fsp3) is 0.250. The number of carbonyl (C=O) groups excluding carboxylic acids is 1. The summed E-state index contributed by atoms with van der Waals surface area (Å²) in [7, 11) is -3.39. The van der Waals surface area contributed by atoms with Gasteiger partial charge in [-0.3, -0.25) is 4.31 Å². The van der Waals surface area contributed by atoms with Crippen LogP contribution in [0.2, 0.25) is 0 Å². The van der Waals surface area contributed by atoms with Gasteiger partial charge in [-0.25, -0.2) is 13.2 Å². The number of sulfonamides is 1. The van der Waals surface area contributed by atoms with E-state index >= 15 is 0 Å². The van der Waals surface area contributed by atoms with E-state index in [2.05, 4.69) is 10.1 Å². The number of ether oxygens (including phenoxy) is 1. The van der Waals surface area contributed by atoms with Crippen molar-refractivity contribution in [3.05, 3.63) is 65.5 Å². The maximum atomic E-state index is 12.7. The van der Waals surface area contributed by atoms with Gasteiger partial charge in [0.05, 0.1) is 22.6 Å². The second-order valence-electron chi connectivity index (χ2n) is 6.95. The van der Waals surface area contributed by atoms with Gasteiger partial charge in [0.15, 0.2) is 6.61 Å². The normalized spacial score (nSPS) is 15.7. The quantitative estimate of drug-likeness (QED) is 0.528. The fourth-order valence-electron chi connectivity index (χ4n) is 3.17. The first-order valence-electron chi connectivity index (χ1n) is 9.41. The van der Waals surface area contributed by atoms with Crippen LogP contribution in [-0.2, 0) is 27.5 Å². The van der Waals surface area contributed by atoms with E-state index in [4.69, 9.17) is 9.26 Å². The molecule has 0 radical (unpaired) electrons. The minimum absolute atomic E-state index is 0.0472. The molecule has 12 heteroatoms. The molecule has 1 aliphatic heterocycles. The summed E-state index contributed by atoms with van der Waals surface area (Å²) in [6.45, 7) is -0.0196. The van der Waals surface area contributed by atoms with Gasteiger partial charge in [-0.1, -0.05) is 23.4 Å². The molecule has 1 saturated heterocycles. The van der Waals surface area contributed by atoms with Crippen molar-refractivity contribution in [2.45, 2.75) is 19.2 Å². The van der Waals surface area contributed by atoms with Crippen LogP contribution in [0.3, 0.4) is 0 Å². The van der Waals surface area contributed by atoms with Crippen molar-refractivity contribution in [1.82, 2.24) is 10.1 Å². The second kappa shape index (κ2) is 8.26. The topological polar surface area (TPSA) is 103 Å². The predicted octanol–water partition coefficient (Wildman–Crippen LogP) is 3.65. The highest BCUT2D eigenvalue weighted by atomic mass is 32.2. The SMILES string of the molecule is O=C(OCc1nc(-c2ccc(C(F)(F)F)cc2)no1)c1cccc(N2CCCS2(=O)=O)c1. The molecule has 0 atom stereocenters. The Kier molecular flexibility index (Phi) is 5.63. The number of alkyl halides is 3. The van der Waals surface area contributed by atoms with E-state index in [1.807, 2.05) is 0 Å². The molecule has 0 saturated carbocycles. The lowest BCUT2D eigenvalue weighted by Gasteiger charge is -2.17. The van der Waals surface area contributed by atoms with Crippen LogP contribution in [0.25, 0.3) is 11.4 Å². The van der Waals surface area contributed by atoms with Gasteiger partial charge in [-0.05, 0) is 36.8 Å². The molecule has 32 heavy (non-hydrogen) atoms. The van der Waals surface area contributed by atoms with E-state index in [9.17, 15) is 26.4 Å². The summed E-state index contributed by atoms with van der Waals surface area (Å²) in [5.74, 6) is -0.671. The molecule has 2 heterocycles. The zero-order valence-corrected chi connectivity index (χ0v) is 17.2. The largest absolute Gasteiger partial charge is 0.452 e. The molecule has 1 aromatic heterocycles. The average molecular weight is 467 g/mol. The van der Waals surface area contributed by atoms with E-state index in [-0.39, 0.29) is 29.6 Å². The molecule has 0 spiro atoms. The lowest BCUT2D eigenvalue weighted by Crippen LogP contribution is -2.25. The number of halogens is 3. The van der Waals surface area contributed by atoms with E-state index in [0.29, 0.717) is 24.2 Å². The lowest BCUT2D eigenvalue weighted by atomic mass is 10.1. The summed E-state index contributed by atoms with van der Waals surface area (Å²) in [4.78, 5) is 16.4. The van der Waals surface area contributed by atoms with E-state index in [0.717, 1.165) is 12.1 Å². The number of carbonyl (C=O) groups is 1. The van der Waals surface area contributed by atoms with Crippen molar-refractivity contribution >= 4 is 21.7 Å². The molecule has 8 nitrogen and oxygen atoms in total. The van der Waals surface area contributed by atoms with Gasteiger partial charge >= 0.3 is 12.1 Å². The van der Waals surface area contributed by atoms with Gasteiger partial charge in [0.1, 0.15) is 0 Å². The highest BCUT2D eigenvalue weighted by Gasteiger charge is 2.30. The van der Waals surface area contributed by atoms with Crippen molar-refractivity contribution < 1.29 is 35.6 Å². The number of rotatable bonds is 5. The fourth-order valence-corrected chi connectivity index (χ4v) is 4.72. The minimum atomic E-state index is -4.45. The van der Waals surface area contributed by atoms with Crippen molar-refractivity contribution in [3.63, 3.8) is 0 Å². The molecule has 2 aromatic carbocycles. The summed E-state index contributed by atoms with van der Waals surface area (Å²) in [6, 6.07) is 10.3. The minimum Gasteiger partial charge on any atom is -0.452 e. The van der Waals surface area contributed by atoms with E-state index in [1.165, 1.54) is 28.6 Å². The Balaban J connectivity index is 1.41. The molecule has 0 bridgehead atoms. The van der Waals surface area contributed by atoms with Gasteiger partial charge in [0.2, 0.25) is 15.8 Å². The molecule has 1 fully saturated rings. The first-order valence-corrected chi connectivity index (χ1v) is 11.0. The molecule has 0 N–H and O–H groups in total. The summed E-state index contributed by atoms with van der Waals surface area (Å²) in [6.07, 6.45) is -3.94. The summed E-state index contributed by atoms with van der Waals surface area (Å²) >= 11 is 0. The lowest BCUT2D eigenvalue weighted by molar-refractivity contribution is -0.137. The highest BCUT2D eigenvalue weighted by Crippen LogP contribution is 2.30. The maximum absolute atomic E-state index is 12.7. The Labute approximate surface area is 180 Å². The zero-order chi connectivity index (χ0) is 22.9. The molecule has 0 unspecified atom stereocenters. The number of hydrogen-bond acceptors (Lipinski definition) is 7. The monoisotopic (exact) mass is 467 g/mol. The van der Waals surface area contributed by atoms with Crippen LogP contribution in [0.1, 0.15) is 28.2 Å². The van der Waals surface area contributed by atoms with Crippen LogP contribution in [0.5, 0.6) is 0 Å². The summed E-state index contributed by atoms with van der Waals surface area (Å²) in [5, 5.41) is 3.68. The Morgan fingerprint density at radius 1 is 1.16 bits per heavy atom. The van der Waals surface area contributed by atoms with E-state index < -0.39 is 27.7 Å². The van der Waals surface area contributed by atoms with Gasteiger partial charge in [0, 0.05) is 12.1 Å². The molecular formula is C20H16F3N3O5S. The maximum Gasteiger partial charge on any atom is 0.416 e. The smallest absolute Gasteiger partial charge is 0.416 e. The highest BCUT2D eigenvalue weighted by molar-refractivity contribution is 7.93. The molecule has 3 aromatic rings. The number of nitrogens with zero attached hydrogens (tertiary/aromatic N) is 3. The second-order valence-corrected chi connectivity index (χ2v) is 8.97. The summed E-state index contributed by atoms with van der Waals surface area (Å²) in [5.41, 5.74) is 0.0214. The van der Waals surface area contributed by atoms with Crippen LogP contribution < -0.4 is 4.31 Å². The number of benzene rings is 2. The van der Waals surface area contributed by atoms with E-state index in [1.54, 1.807) is 12.1 Å². The van der Waals surface area contributed by atoms with Crippen molar-refractivity contribution in [1.29, 1.82) is 0 Å². The Morgan fingerprint density at radius 2 is 1.91 bits per heavy atom.